The highest BCUT2D eigenvalue weighted by molar-refractivity contribution is 5.60. The second-order valence-corrected chi connectivity index (χ2v) is 7.59. The average molecular weight is 274 g/mol. The van der Waals surface area contributed by atoms with Crippen LogP contribution in [0.2, 0.25) is 0 Å². The van der Waals surface area contributed by atoms with Crippen molar-refractivity contribution in [3.05, 3.63) is 22.3 Å². The minimum absolute atomic E-state index is 0.0484. The molecule has 0 N–H and O–H groups in total. The van der Waals surface area contributed by atoms with Gasteiger partial charge in [0.1, 0.15) is 22.7 Å². The fraction of sp³-hybridized carbons (Fsp3) is 0.667. The highest BCUT2D eigenvalue weighted by atomic mass is 16.5. The van der Waals surface area contributed by atoms with Gasteiger partial charge in [0, 0.05) is 11.1 Å². The second kappa shape index (κ2) is 4.16. The molecule has 1 aromatic rings. The molecular formula is C18H26O2. The van der Waals surface area contributed by atoms with E-state index in [4.69, 9.17) is 9.47 Å². The van der Waals surface area contributed by atoms with Crippen LogP contribution in [0.1, 0.15) is 62.8 Å². The number of hydrogen-bond donors (Lipinski definition) is 0. The SMILES string of the molecule is Cc1c2c(c(C)c3c1OC(C)(C)CC3)OC(C)(C)CC2. The molecule has 20 heavy (non-hydrogen) atoms. The van der Waals surface area contributed by atoms with Crippen molar-refractivity contribution in [2.24, 2.45) is 0 Å². The molecule has 1 aromatic carbocycles. The Morgan fingerprint density at radius 2 is 1.05 bits per heavy atom. The van der Waals surface area contributed by atoms with E-state index in [9.17, 15) is 0 Å². The lowest BCUT2D eigenvalue weighted by Crippen LogP contribution is -2.36. The molecule has 2 nitrogen and oxygen atoms in total. The summed E-state index contributed by atoms with van der Waals surface area (Å²) in [5.41, 5.74) is 5.21. The molecule has 0 fully saturated rings. The zero-order chi connectivity index (χ0) is 14.7. The number of fused-ring (bicyclic) bond motifs is 2. The van der Waals surface area contributed by atoms with E-state index in [1.165, 1.54) is 22.3 Å². The maximum atomic E-state index is 6.29. The summed E-state index contributed by atoms with van der Waals surface area (Å²) in [7, 11) is 0. The van der Waals surface area contributed by atoms with Crippen LogP contribution >= 0.6 is 0 Å². The molecule has 0 radical (unpaired) electrons. The van der Waals surface area contributed by atoms with Crippen molar-refractivity contribution in [3.8, 4) is 11.5 Å². The molecule has 2 aliphatic rings. The first-order chi connectivity index (χ1) is 9.20. The maximum Gasteiger partial charge on any atom is 0.127 e. The first-order valence-corrected chi connectivity index (χ1v) is 7.73. The molecule has 0 saturated heterocycles. The quantitative estimate of drug-likeness (QED) is 0.693. The van der Waals surface area contributed by atoms with Gasteiger partial charge in [-0.3, -0.25) is 0 Å². The predicted molar refractivity (Wildman–Crippen MR) is 82.0 cm³/mol. The Morgan fingerprint density at radius 3 is 1.40 bits per heavy atom. The van der Waals surface area contributed by atoms with Crippen LogP contribution in [0.3, 0.4) is 0 Å². The lowest BCUT2D eigenvalue weighted by molar-refractivity contribution is 0.0731. The summed E-state index contributed by atoms with van der Waals surface area (Å²) >= 11 is 0. The third kappa shape index (κ3) is 2.10. The molecular weight excluding hydrogens is 248 g/mol. The van der Waals surface area contributed by atoms with Crippen LogP contribution in [0, 0.1) is 13.8 Å². The zero-order valence-electron chi connectivity index (χ0n) is 13.6. The summed E-state index contributed by atoms with van der Waals surface area (Å²) in [6, 6.07) is 0. The first-order valence-electron chi connectivity index (χ1n) is 7.73. The molecule has 0 amide bonds. The van der Waals surface area contributed by atoms with E-state index < -0.39 is 0 Å². The minimum Gasteiger partial charge on any atom is -0.487 e. The topological polar surface area (TPSA) is 18.5 Å². The summed E-state index contributed by atoms with van der Waals surface area (Å²) in [5.74, 6) is 2.25. The third-order valence-electron chi connectivity index (χ3n) is 4.85. The van der Waals surface area contributed by atoms with Crippen LogP contribution in [0.15, 0.2) is 0 Å². The molecule has 110 valence electrons. The van der Waals surface area contributed by atoms with E-state index in [1.807, 2.05) is 0 Å². The third-order valence-corrected chi connectivity index (χ3v) is 4.85. The highest BCUT2D eigenvalue weighted by Crippen LogP contribution is 2.47. The van der Waals surface area contributed by atoms with Crippen molar-refractivity contribution in [1.82, 2.24) is 0 Å². The van der Waals surface area contributed by atoms with Gasteiger partial charge in [-0.05, 0) is 78.4 Å². The molecule has 0 aromatic heterocycles. The van der Waals surface area contributed by atoms with Crippen LogP contribution < -0.4 is 9.47 Å². The van der Waals surface area contributed by atoms with Crippen molar-refractivity contribution in [2.75, 3.05) is 0 Å². The van der Waals surface area contributed by atoms with Crippen molar-refractivity contribution in [2.45, 2.75) is 78.4 Å². The summed E-state index contributed by atoms with van der Waals surface area (Å²) in [6.45, 7) is 13.1. The Kier molecular flexibility index (Phi) is 2.87. The molecule has 0 spiro atoms. The Balaban J connectivity index is 2.17. The van der Waals surface area contributed by atoms with Crippen LogP contribution in [0.4, 0.5) is 0 Å². The van der Waals surface area contributed by atoms with Crippen LogP contribution in [-0.2, 0) is 12.8 Å². The van der Waals surface area contributed by atoms with E-state index >= 15 is 0 Å². The molecule has 3 rings (SSSR count). The number of ether oxygens (including phenoxy) is 2. The summed E-state index contributed by atoms with van der Waals surface area (Å²) in [4.78, 5) is 0. The van der Waals surface area contributed by atoms with Crippen molar-refractivity contribution >= 4 is 0 Å². The van der Waals surface area contributed by atoms with E-state index in [0.717, 1.165) is 37.2 Å². The summed E-state index contributed by atoms with van der Waals surface area (Å²) in [5, 5.41) is 0. The van der Waals surface area contributed by atoms with Gasteiger partial charge in [0.25, 0.3) is 0 Å². The smallest absolute Gasteiger partial charge is 0.127 e. The van der Waals surface area contributed by atoms with Crippen LogP contribution in [0.25, 0.3) is 0 Å². The van der Waals surface area contributed by atoms with Gasteiger partial charge in [-0.25, -0.2) is 0 Å². The molecule has 2 heterocycles. The number of hydrogen-bond acceptors (Lipinski definition) is 2. The van der Waals surface area contributed by atoms with Gasteiger partial charge in [0.15, 0.2) is 0 Å². The predicted octanol–water partition coefficient (Wildman–Crippen LogP) is 4.51. The average Bonchev–Trinajstić information content (AvgIpc) is 2.34. The largest absolute Gasteiger partial charge is 0.487 e. The molecule has 0 saturated carbocycles. The summed E-state index contributed by atoms with van der Waals surface area (Å²) in [6.07, 6.45) is 4.32. The fourth-order valence-corrected chi connectivity index (χ4v) is 3.45. The molecule has 0 aliphatic carbocycles. The lowest BCUT2D eigenvalue weighted by atomic mass is 9.84. The Hall–Kier alpha value is -1.18. The highest BCUT2D eigenvalue weighted by Gasteiger charge is 2.35. The monoisotopic (exact) mass is 274 g/mol. The molecule has 2 aliphatic heterocycles. The van der Waals surface area contributed by atoms with Crippen LogP contribution in [0.5, 0.6) is 11.5 Å². The van der Waals surface area contributed by atoms with Gasteiger partial charge in [-0.15, -0.1) is 0 Å². The first kappa shape index (κ1) is 13.8. The Labute approximate surface area is 122 Å². The van der Waals surface area contributed by atoms with Crippen molar-refractivity contribution in [3.63, 3.8) is 0 Å². The van der Waals surface area contributed by atoms with Crippen LogP contribution in [-0.4, -0.2) is 11.2 Å². The number of rotatable bonds is 0. The normalized spacial score (nSPS) is 22.3. The second-order valence-electron chi connectivity index (χ2n) is 7.59. The van der Waals surface area contributed by atoms with Gasteiger partial charge in [0.2, 0.25) is 0 Å². The van der Waals surface area contributed by atoms with E-state index in [0.29, 0.717) is 0 Å². The molecule has 0 unspecified atom stereocenters. The van der Waals surface area contributed by atoms with Gasteiger partial charge in [0.05, 0.1) is 0 Å². The van der Waals surface area contributed by atoms with Gasteiger partial charge in [-0.2, -0.15) is 0 Å². The van der Waals surface area contributed by atoms with E-state index in [1.54, 1.807) is 0 Å². The minimum atomic E-state index is -0.0484. The lowest BCUT2D eigenvalue weighted by Gasteiger charge is -2.39. The van der Waals surface area contributed by atoms with Gasteiger partial charge >= 0.3 is 0 Å². The van der Waals surface area contributed by atoms with Gasteiger partial charge in [-0.1, -0.05) is 0 Å². The van der Waals surface area contributed by atoms with E-state index in [-0.39, 0.29) is 11.2 Å². The molecule has 0 atom stereocenters. The number of benzene rings is 1. The fourth-order valence-electron chi connectivity index (χ4n) is 3.45. The zero-order valence-corrected chi connectivity index (χ0v) is 13.6. The summed E-state index contributed by atoms with van der Waals surface area (Å²) < 4.78 is 12.6. The van der Waals surface area contributed by atoms with Gasteiger partial charge < -0.3 is 9.47 Å². The van der Waals surface area contributed by atoms with Crippen molar-refractivity contribution < 1.29 is 9.47 Å². The Morgan fingerprint density at radius 1 is 0.700 bits per heavy atom. The van der Waals surface area contributed by atoms with Crippen molar-refractivity contribution in [1.29, 1.82) is 0 Å². The maximum absolute atomic E-state index is 6.29. The van der Waals surface area contributed by atoms with E-state index in [2.05, 4.69) is 41.5 Å². The Bertz CT molecular complexity index is 516. The standard InChI is InChI=1S/C18H26O2/c1-11-13-7-9-18(5,6)20-16(13)12(2)14-8-10-17(3,4)19-15(11)14/h7-10H2,1-6H3. The molecule has 0 bridgehead atoms. The molecule has 2 heteroatoms.